The molecule has 8 heteroatoms. The molecule has 0 spiro atoms. The van der Waals surface area contributed by atoms with E-state index in [-0.39, 0.29) is 53.5 Å². The number of likely N-dealkylation sites (tertiary alicyclic amines) is 1. The van der Waals surface area contributed by atoms with Gasteiger partial charge in [-0.25, -0.2) is 4.79 Å². The summed E-state index contributed by atoms with van der Waals surface area (Å²) in [4.78, 5) is 40.2. The molecule has 3 heterocycles. The van der Waals surface area contributed by atoms with Crippen molar-refractivity contribution >= 4 is 17.8 Å². The van der Waals surface area contributed by atoms with Gasteiger partial charge in [0.25, 0.3) is 0 Å². The van der Waals surface area contributed by atoms with Gasteiger partial charge in [-0.3, -0.25) is 9.59 Å². The summed E-state index contributed by atoms with van der Waals surface area (Å²) in [7, 11) is 1.43. The molecule has 6 atom stereocenters. The number of nitrogens with zero attached hydrogens (tertiary/aromatic N) is 1. The van der Waals surface area contributed by atoms with Crippen molar-refractivity contribution in [3.63, 3.8) is 0 Å². The number of carbonyl (C=O) groups is 3. The van der Waals surface area contributed by atoms with Crippen LogP contribution in [0.25, 0.3) is 0 Å². The van der Waals surface area contributed by atoms with E-state index in [4.69, 9.17) is 18.9 Å². The van der Waals surface area contributed by atoms with E-state index in [0.29, 0.717) is 50.0 Å². The summed E-state index contributed by atoms with van der Waals surface area (Å²) >= 11 is 0. The summed E-state index contributed by atoms with van der Waals surface area (Å²) < 4.78 is 23.1. The first-order chi connectivity index (χ1) is 17.6. The molecule has 0 aromatic heterocycles. The third-order valence-electron chi connectivity index (χ3n) is 8.34. The van der Waals surface area contributed by atoms with Crippen molar-refractivity contribution in [3.05, 3.63) is 29.3 Å². The molecular formula is C29H39NO7. The van der Waals surface area contributed by atoms with Crippen LogP contribution in [0.3, 0.4) is 0 Å². The molecular weight excluding hydrogens is 474 g/mol. The fraction of sp³-hybridized carbons (Fsp3) is 0.690. The summed E-state index contributed by atoms with van der Waals surface area (Å²) in [6, 6.07) is 5.81. The number of esters is 1. The predicted molar refractivity (Wildman–Crippen MR) is 136 cm³/mol. The number of ketones is 1. The lowest BCUT2D eigenvalue weighted by Crippen LogP contribution is -2.59. The fourth-order valence-corrected chi connectivity index (χ4v) is 6.59. The number of carbonyl (C=O) groups excluding carboxylic acids is 3. The number of fused-ring (bicyclic) bond motifs is 3. The van der Waals surface area contributed by atoms with Gasteiger partial charge < -0.3 is 23.8 Å². The number of ether oxygens (including phenoxy) is 4. The Labute approximate surface area is 219 Å². The zero-order valence-corrected chi connectivity index (χ0v) is 22.5. The topological polar surface area (TPSA) is 91.4 Å². The van der Waals surface area contributed by atoms with E-state index in [1.54, 1.807) is 4.90 Å². The Bertz CT molecular complexity index is 1040. The van der Waals surface area contributed by atoms with Crippen LogP contribution in [0.1, 0.15) is 68.8 Å². The number of rotatable bonds is 5. The number of benzene rings is 1. The molecule has 4 aliphatic rings. The molecule has 2 bridgehead atoms. The number of Topliss-reactive ketones (excluding diaryl/α,β-unsaturated/α-hetero) is 1. The molecule has 1 amide bonds. The van der Waals surface area contributed by atoms with E-state index in [1.807, 2.05) is 45.9 Å². The second kappa shape index (κ2) is 9.93. The fourth-order valence-electron chi connectivity index (χ4n) is 6.59. The number of hydrogen-bond donors (Lipinski definition) is 0. The second-order valence-corrected chi connectivity index (χ2v) is 12.2. The third-order valence-corrected chi connectivity index (χ3v) is 8.34. The van der Waals surface area contributed by atoms with E-state index < -0.39 is 5.60 Å². The molecule has 3 fully saturated rings. The average molecular weight is 514 g/mol. The highest BCUT2D eigenvalue weighted by molar-refractivity contribution is 6.00. The zero-order chi connectivity index (χ0) is 26.5. The minimum atomic E-state index is -0.552. The van der Waals surface area contributed by atoms with Crippen LogP contribution in [-0.4, -0.2) is 67.9 Å². The minimum Gasteiger partial charge on any atom is -0.489 e. The van der Waals surface area contributed by atoms with E-state index in [2.05, 4.69) is 0 Å². The third kappa shape index (κ3) is 5.35. The molecule has 37 heavy (non-hydrogen) atoms. The summed E-state index contributed by atoms with van der Waals surface area (Å²) in [6.45, 7) is 9.64. The van der Waals surface area contributed by atoms with Crippen LogP contribution in [0.5, 0.6) is 5.75 Å². The Hall–Kier alpha value is -2.61. The van der Waals surface area contributed by atoms with Crippen molar-refractivity contribution in [1.29, 1.82) is 0 Å². The number of piperidine rings is 1. The van der Waals surface area contributed by atoms with Gasteiger partial charge in [-0.2, -0.15) is 0 Å². The smallest absolute Gasteiger partial charge is 0.410 e. The molecule has 3 aliphatic heterocycles. The maximum atomic E-state index is 13.2. The first-order valence-electron chi connectivity index (χ1n) is 13.5. The monoisotopic (exact) mass is 513 g/mol. The Kier molecular flexibility index (Phi) is 6.98. The summed E-state index contributed by atoms with van der Waals surface area (Å²) in [5, 5.41) is 0. The molecule has 0 N–H and O–H groups in total. The van der Waals surface area contributed by atoms with Crippen molar-refractivity contribution < 1.29 is 33.3 Å². The quantitative estimate of drug-likeness (QED) is 0.537. The van der Waals surface area contributed by atoms with Crippen LogP contribution < -0.4 is 4.74 Å². The maximum Gasteiger partial charge on any atom is 0.410 e. The lowest BCUT2D eigenvalue weighted by atomic mass is 9.71. The van der Waals surface area contributed by atoms with Gasteiger partial charge in [0.15, 0.2) is 5.78 Å². The Morgan fingerprint density at radius 1 is 1.11 bits per heavy atom. The Balaban J connectivity index is 1.36. The summed E-state index contributed by atoms with van der Waals surface area (Å²) in [5.41, 5.74) is 1.08. The number of methoxy groups -OCH3 is 1. The van der Waals surface area contributed by atoms with Crippen LogP contribution in [0.15, 0.2) is 18.2 Å². The van der Waals surface area contributed by atoms with Crippen molar-refractivity contribution in [2.45, 2.75) is 64.6 Å². The van der Waals surface area contributed by atoms with Gasteiger partial charge in [0.05, 0.1) is 31.8 Å². The highest BCUT2D eigenvalue weighted by atomic mass is 16.6. The van der Waals surface area contributed by atoms with Crippen LogP contribution >= 0.6 is 0 Å². The van der Waals surface area contributed by atoms with Gasteiger partial charge in [0, 0.05) is 37.3 Å². The molecule has 0 radical (unpaired) electrons. The first-order valence-corrected chi connectivity index (χ1v) is 13.5. The normalized spacial score (nSPS) is 29.0. The summed E-state index contributed by atoms with van der Waals surface area (Å²) in [5.74, 6) is 0.944. The van der Waals surface area contributed by atoms with Crippen molar-refractivity contribution in [1.82, 2.24) is 4.90 Å². The van der Waals surface area contributed by atoms with Gasteiger partial charge in [-0.05, 0) is 63.1 Å². The van der Waals surface area contributed by atoms with Gasteiger partial charge in [-0.1, -0.05) is 13.0 Å². The van der Waals surface area contributed by atoms with Gasteiger partial charge in [0.2, 0.25) is 0 Å². The Morgan fingerprint density at radius 3 is 2.38 bits per heavy atom. The SMILES string of the molecule is COC(=O)C(C)C(c1ccc2c(c1)OC(C1[C@@H]3COC[C@H]1CN(C(=O)OC(C)(C)C)C3)CC2=O)C1CC1. The minimum absolute atomic E-state index is 0.0432. The van der Waals surface area contributed by atoms with Gasteiger partial charge in [-0.15, -0.1) is 0 Å². The van der Waals surface area contributed by atoms with Crippen molar-refractivity contribution in [2.24, 2.45) is 29.6 Å². The van der Waals surface area contributed by atoms with E-state index in [0.717, 1.165) is 18.4 Å². The second-order valence-electron chi connectivity index (χ2n) is 12.2. The molecule has 5 rings (SSSR count). The van der Waals surface area contributed by atoms with Gasteiger partial charge in [0.1, 0.15) is 17.5 Å². The predicted octanol–water partition coefficient (Wildman–Crippen LogP) is 4.45. The number of amides is 1. The molecule has 202 valence electrons. The summed E-state index contributed by atoms with van der Waals surface area (Å²) in [6.07, 6.45) is 1.92. The number of hydrogen-bond acceptors (Lipinski definition) is 7. The highest BCUT2D eigenvalue weighted by Crippen LogP contribution is 2.49. The zero-order valence-electron chi connectivity index (χ0n) is 22.5. The van der Waals surface area contributed by atoms with E-state index >= 15 is 0 Å². The maximum absolute atomic E-state index is 13.2. The lowest BCUT2D eigenvalue weighted by molar-refractivity contribution is -0.145. The molecule has 1 aromatic rings. The molecule has 2 saturated heterocycles. The average Bonchev–Trinajstić information content (AvgIpc) is 3.66. The van der Waals surface area contributed by atoms with Crippen molar-refractivity contribution in [2.75, 3.05) is 33.4 Å². The largest absolute Gasteiger partial charge is 0.489 e. The first kappa shape index (κ1) is 26.0. The van der Waals surface area contributed by atoms with Crippen LogP contribution in [-0.2, 0) is 19.0 Å². The molecule has 1 aliphatic carbocycles. The molecule has 8 nitrogen and oxygen atoms in total. The Morgan fingerprint density at radius 2 is 1.78 bits per heavy atom. The standard InChI is InChI=1S/C29H39NO7/c1-16(27(32)34-5)25(17-6-7-17)18-8-9-21-22(31)11-24(36-23(21)10-18)26-19-12-30(13-20(26)15-35-14-19)28(33)37-29(2,3)4/h8-10,16-17,19-20,24-26H,6-7,11-15H2,1-5H3/t16?,19-,20+,24?,25?,26?. The molecule has 4 unspecified atom stereocenters. The van der Waals surface area contributed by atoms with E-state index in [9.17, 15) is 14.4 Å². The molecule has 1 saturated carbocycles. The van der Waals surface area contributed by atoms with Crippen LogP contribution in [0.4, 0.5) is 4.79 Å². The van der Waals surface area contributed by atoms with E-state index in [1.165, 1.54) is 7.11 Å². The lowest BCUT2D eigenvalue weighted by Gasteiger charge is -2.49. The van der Waals surface area contributed by atoms with Gasteiger partial charge >= 0.3 is 12.1 Å². The van der Waals surface area contributed by atoms with Crippen LogP contribution in [0, 0.1) is 29.6 Å². The van der Waals surface area contributed by atoms with Crippen molar-refractivity contribution in [3.8, 4) is 5.75 Å². The van der Waals surface area contributed by atoms with Crippen LogP contribution in [0.2, 0.25) is 0 Å². The molecule has 1 aromatic carbocycles. The highest BCUT2D eigenvalue weighted by Gasteiger charge is 2.49.